The summed E-state index contributed by atoms with van der Waals surface area (Å²) in [5, 5.41) is 54.1. The molecule has 0 bridgehead atoms. The molecule has 0 saturated carbocycles. The second kappa shape index (κ2) is 43.0. The fourth-order valence-electron chi connectivity index (χ4n) is 7.17. The van der Waals surface area contributed by atoms with Gasteiger partial charge in [0.05, 0.1) is 25.4 Å². The first-order valence-electron chi connectivity index (χ1n) is 25.0. The van der Waals surface area contributed by atoms with E-state index in [1.54, 1.807) is 6.08 Å². The molecule has 9 nitrogen and oxygen atoms in total. The molecule has 1 aliphatic heterocycles. The Morgan fingerprint density at radius 1 is 0.556 bits per heavy atom. The molecule has 1 rings (SSSR count). The predicted octanol–water partition coefficient (Wildman–Crippen LogP) is 11.3. The third-order valence-electron chi connectivity index (χ3n) is 11.1. The van der Waals surface area contributed by atoms with Crippen molar-refractivity contribution in [3.63, 3.8) is 0 Å². The van der Waals surface area contributed by atoms with Gasteiger partial charge in [-0.05, 0) is 83.5 Å². The second-order valence-corrected chi connectivity index (χ2v) is 16.9. The maximum Gasteiger partial charge on any atom is 0.220 e. The minimum absolute atomic E-state index is 0.198. The fourth-order valence-corrected chi connectivity index (χ4v) is 7.17. The number of unbranched alkanes of at least 4 members (excludes halogenated alkanes) is 16. The average Bonchev–Trinajstić information content (AvgIpc) is 3.28. The molecule has 360 valence electrons. The molecule has 1 heterocycles. The Morgan fingerprint density at radius 3 is 1.52 bits per heavy atom. The van der Waals surface area contributed by atoms with Gasteiger partial charge in [-0.25, -0.2) is 0 Å². The van der Waals surface area contributed by atoms with E-state index in [-0.39, 0.29) is 12.5 Å². The molecule has 1 saturated heterocycles. The van der Waals surface area contributed by atoms with Crippen LogP contribution in [-0.2, 0) is 14.3 Å². The number of allylic oxidation sites excluding steroid dienone is 15. The van der Waals surface area contributed by atoms with Crippen molar-refractivity contribution in [2.75, 3.05) is 13.2 Å². The summed E-state index contributed by atoms with van der Waals surface area (Å²) in [6.45, 7) is 3.59. The summed E-state index contributed by atoms with van der Waals surface area (Å²) >= 11 is 0. The Balaban J connectivity index is 2.23. The van der Waals surface area contributed by atoms with Gasteiger partial charge in [0.1, 0.15) is 24.4 Å². The monoisotopic (exact) mass is 882 g/mol. The second-order valence-electron chi connectivity index (χ2n) is 16.9. The number of rotatable bonds is 40. The summed E-state index contributed by atoms with van der Waals surface area (Å²) < 4.78 is 11.2. The molecule has 7 unspecified atom stereocenters. The fraction of sp³-hybridized carbons (Fsp3) is 0.685. The molecule has 6 N–H and O–H groups in total. The normalized spacial score (nSPS) is 21.0. The highest BCUT2D eigenvalue weighted by Crippen LogP contribution is 2.22. The van der Waals surface area contributed by atoms with Crippen LogP contribution in [0.4, 0.5) is 0 Å². The number of hydrogen-bond acceptors (Lipinski definition) is 8. The van der Waals surface area contributed by atoms with Gasteiger partial charge in [0.25, 0.3) is 0 Å². The van der Waals surface area contributed by atoms with Gasteiger partial charge in [0, 0.05) is 6.42 Å². The van der Waals surface area contributed by atoms with E-state index in [4.69, 9.17) is 9.47 Å². The van der Waals surface area contributed by atoms with Crippen molar-refractivity contribution < 1.29 is 39.8 Å². The molecule has 1 fully saturated rings. The number of hydrogen-bond donors (Lipinski definition) is 6. The van der Waals surface area contributed by atoms with Gasteiger partial charge in [0.15, 0.2) is 6.29 Å². The summed E-state index contributed by atoms with van der Waals surface area (Å²) in [7, 11) is 0. The quantitative estimate of drug-likeness (QED) is 0.0263. The van der Waals surface area contributed by atoms with Gasteiger partial charge in [-0.15, -0.1) is 0 Å². The molecular weight excluding hydrogens is 791 g/mol. The van der Waals surface area contributed by atoms with E-state index in [9.17, 15) is 30.3 Å². The lowest BCUT2D eigenvalue weighted by Gasteiger charge is -2.40. The zero-order valence-electron chi connectivity index (χ0n) is 39.5. The van der Waals surface area contributed by atoms with Crippen LogP contribution in [0.15, 0.2) is 97.2 Å². The van der Waals surface area contributed by atoms with Crippen molar-refractivity contribution in [3.05, 3.63) is 97.2 Å². The van der Waals surface area contributed by atoms with Crippen LogP contribution in [0.3, 0.4) is 0 Å². The maximum absolute atomic E-state index is 13.0. The van der Waals surface area contributed by atoms with Gasteiger partial charge in [-0.1, -0.05) is 188 Å². The number of ether oxygens (including phenoxy) is 2. The van der Waals surface area contributed by atoms with Crippen LogP contribution in [0.25, 0.3) is 0 Å². The number of nitrogens with one attached hydrogen (secondary N) is 1. The van der Waals surface area contributed by atoms with Crippen LogP contribution < -0.4 is 5.32 Å². The van der Waals surface area contributed by atoms with Crippen molar-refractivity contribution in [2.45, 2.75) is 224 Å². The van der Waals surface area contributed by atoms with Crippen molar-refractivity contribution in [3.8, 4) is 0 Å². The summed E-state index contributed by atoms with van der Waals surface area (Å²) in [6, 6.07) is -0.828. The highest BCUT2D eigenvalue weighted by atomic mass is 16.7. The zero-order valence-corrected chi connectivity index (χ0v) is 39.5. The van der Waals surface area contributed by atoms with Crippen LogP contribution in [-0.4, -0.2) is 87.5 Å². The van der Waals surface area contributed by atoms with Crippen LogP contribution in [0.5, 0.6) is 0 Å². The highest BCUT2D eigenvalue weighted by molar-refractivity contribution is 5.76. The lowest BCUT2D eigenvalue weighted by atomic mass is 9.99. The van der Waals surface area contributed by atoms with E-state index in [0.29, 0.717) is 6.42 Å². The molecule has 0 aromatic rings. The summed E-state index contributed by atoms with van der Waals surface area (Å²) in [6.07, 6.45) is 54.6. The third-order valence-corrected chi connectivity index (χ3v) is 11.1. The highest BCUT2D eigenvalue weighted by Gasteiger charge is 2.44. The Hall–Kier alpha value is -2.89. The number of aliphatic hydroxyl groups is 5. The molecule has 0 spiro atoms. The molecule has 0 aromatic carbocycles. The zero-order chi connectivity index (χ0) is 45.9. The Kier molecular flexibility index (Phi) is 39.7. The predicted molar refractivity (Wildman–Crippen MR) is 262 cm³/mol. The van der Waals surface area contributed by atoms with Gasteiger partial charge < -0.3 is 40.3 Å². The van der Waals surface area contributed by atoms with Gasteiger partial charge >= 0.3 is 0 Å². The van der Waals surface area contributed by atoms with Crippen LogP contribution >= 0.6 is 0 Å². The molecule has 1 aliphatic rings. The number of carbonyl (C=O) groups excluding carboxylic acids is 1. The average molecular weight is 882 g/mol. The molecular formula is C54H91NO8. The van der Waals surface area contributed by atoms with Crippen molar-refractivity contribution in [1.29, 1.82) is 0 Å². The minimum atomic E-state index is -1.58. The summed E-state index contributed by atoms with van der Waals surface area (Å²) in [5.74, 6) is -0.198. The summed E-state index contributed by atoms with van der Waals surface area (Å²) in [5.41, 5.74) is 0. The maximum atomic E-state index is 13.0. The number of carbonyl (C=O) groups is 1. The van der Waals surface area contributed by atoms with Crippen LogP contribution in [0.2, 0.25) is 0 Å². The Morgan fingerprint density at radius 2 is 1.00 bits per heavy atom. The van der Waals surface area contributed by atoms with Crippen molar-refractivity contribution >= 4 is 5.91 Å². The molecule has 9 heteroatoms. The minimum Gasteiger partial charge on any atom is -0.394 e. The van der Waals surface area contributed by atoms with Crippen molar-refractivity contribution in [1.82, 2.24) is 5.32 Å². The molecule has 63 heavy (non-hydrogen) atoms. The largest absolute Gasteiger partial charge is 0.394 e. The smallest absolute Gasteiger partial charge is 0.220 e. The van der Waals surface area contributed by atoms with Gasteiger partial charge in [-0.2, -0.15) is 0 Å². The van der Waals surface area contributed by atoms with Gasteiger partial charge in [-0.3, -0.25) is 4.79 Å². The standard InChI is InChI=1S/C54H91NO8/c1-3-5-7-9-11-13-15-16-17-18-19-20-21-22-23-24-25-26-27-28-29-30-31-32-34-36-38-40-42-44-50(58)55-47(46-62-54-53(61)52(60)51(59)49(45-56)63-54)48(57)43-41-39-37-35-33-14-12-10-8-6-4-2/h5,7,11,13,16-17,19-20,22-23,25-26,33,35,41,43,47-49,51-54,56-57,59-61H,3-4,6,8-10,12,14-15,18,21,24,27-32,34,36-40,42,44-46H2,1-2H3,(H,55,58)/b7-5-,13-11-,17-16-,20-19-,23-22-,26-25-,35-33+,43-41+. The van der Waals surface area contributed by atoms with Crippen LogP contribution in [0, 0.1) is 0 Å². The Labute approximate surface area is 383 Å². The third kappa shape index (κ3) is 33.3. The first kappa shape index (κ1) is 58.1. The van der Waals surface area contributed by atoms with Crippen LogP contribution in [0.1, 0.15) is 181 Å². The Bertz CT molecular complexity index is 1300. The van der Waals surface area contributed by atoms with Crippen molar-refractivity contribution in [2.24, 2.45) is 0 Å². The number of amides is 1. The lowest BCUT2D eigenvalue weighted by molar-refractivity contribution is -0.302. The molecule has 0 aromatic heterocycles. The molecule has 7 atom stereocenters. The topological polar surface area (TPSA) is 149 Å². The van der Waals surface area contributed by atoms with E-state index in [1.807, 2.05) is 6.08 Å². The van der Waals surface area contributed by atoms with E-state index < -0.39 is 49.5 Å². The molecule has 1 amide bonds. The SMILES string of the molecule is CC/C=C\C/C=C\C/C=C\C/C=C\C/C=C\C/C=C\CCCCCCCCCCCCC(=O)NC(COC1OC(CO)C(O)C(O)C1O)C(O)/C=C/CC/C=C/CCCCCCC. The number of aliphatic hydroxyl groups excluding tert-OH is 5. The first-order valence-corrected chi connectivity index (χ1v) is 25.0. The van der Waals surface area contributed by atoms with E-state index in [2.05, 4.69) is 104 Å². The molecule has 0 radical (unpaired) electrons. The first-order chi connectivity index (χ1) is 30.8. The van der Waals surface area contributed by atoms with E-state index in [0.717, 1.165) is 89.9 Å². The lowest BCUT2D eigenvalue weighted by Crippen LogP contribution is -2.60. The van der Waals surface area contributed by atoms with E-state index in [1.165, 1.54) is 70.6 Å². The molecule has 0 aliphatic carbocycles. The van der Waals surface area contributed by atoms with Gasteiger partial charge in [0.2, 0.25) is 5.91 Å². The van der Waals surface area contributed by atoms with E-state index >= 15 is 0 Å². The summed E-state index contributed by atoms with van der Waals surface area (Å²) in [4.78, 5) is 13.0.